The van der Waals surface area contributed by atoms with Gasteiger partial charge in [0.1, 0.15) is 11.5 Å². The van der Waals surface area contributed by atoms with Gasteiger partial charge in [-0.15, -0.1) is 0 Å². The van der Waals surface area contributed by atoms with Crippen molar-refractivity contribution in [1.82, 2.24) is 5.32 Å². The van der Waals surface area contributed by atoms with Crippen molar-refractivity contribution in [3.63, 3.8) is 0 Å². The summed E-state index contributed by atoms with van der Waals surface area (Å²) in [6.07, 6.45) is 1.87. The predicted molar refractivity (Wildman–Crippen MR) is 100 cm³/mol. The highest BCUT2D eigenvalue weighted by Crippen LogP contribution is 2.19. The fourth-order valence-corrected chi connectivity index (χ4v) is 2.54. The van der Waals surface area contributed by atoms with Crippen LogP contribution in [0.25, 0.3) is 0 Å². The maximum atomic E-state index is 12.3. The molecule has 0 saturated carbocycles. The molecule has 0 heterocycles. The minimum Gasteiger partial charge on any atom is -0.497 e. The van der Waals surface area contributed by atoms with Crippen LogP contribution in [-0.4, -0.2) is 25.7 Å². The molecule has 0 aliphatic heterocycles. The molecule has 134 valence electrons. The Bertz CT molecular complexity index is 656. The van der Waals surface area contributed by atoms with Crippen molar-refractivity contribution in [2.45, 2.75) is 32.3 Å². The molecule has 2 rings (SSSR count). The first kappa shape index (κ1) is 19.1. The molecule has 2 aromatic rings. The largest absolute Gasteiger partial charge is 0.497 e. The van der Waals surface area contributed by atoms with Crippen molar-refractivity contribution in [3.8, 4) is 11.5 Å². The van der Waals surface area contributed by atoms with E-state index >= 15 is 0 Å². The lowest BCUT2D eigenvalue weighted by molar-refractivity contribution is -0.128. The molecule has 2 aromatic carbocycles. The molecule has 0 unspecified atom stereocenters. The Kier molecular flexibility index (Phi) is 7.61. The van der Waals surface area contributed by atoms with Crippen molar-refractivity contribution >= 4 is 17.5 Å². The van der Waals surface area contributed by atoms with Gasteiger partial charge in [0.15, 0.2) is 6.10 Å². The van der Waals surface area contributed by atoms with Gasteiger partial charge in [0.2, 0.25) is 0 Å². The van der Waals surface area contributed by atoms with Crippen LogP contribution in [0.1, 0.15) is 25.3 Å². The average molecular weight is 362 g/mol. The van der Waals surface area contributed by atoms with Crippen LogP contribution < -0.4 is 14.8 Å². The molecule has 0 aliphatic carbocycles. The number of rotatable bonds is 9. The van der Waals surface area contributed by atoms with Gasteiger partial charge >= 0.3 is 0 Å². The number of hydrogen-bond acceptors (Lipinski definition) is 3. The molecule has 0 fully saturated rings. The number of amides is 1. The molecule has 0 aromatic heterocycles. The molecular weight excluding hydrogens is 338 g/mol. The SMILES string of the molecule is CC[C@@H](Oc1ccc(OC)cc1)C(=O)NCCCc1ccc(Cl)cc1. The van der Waals surface area contributed by atoms with Crippen molar-refractivity contribution in [3.05, 3.63) is 59.1 Å². The molecule has 4 nitrogen and oxygen atoms in total. The van der Waals surface area contributed by atoms with E-state index in [0.717, 1.165) is 23.6 Å². The van der Waals surface area contributed by atoms with Crippen molar-refractivity contribution in [2.24, 2.45) is 0 Å². The number of ether oxygens (including phenoxy) is 2. The summed E-state index contributed by atoms with van der Waals surface area (Å²) in [5.74, 6) is 1.32. The van der Waals surface area contributed by atoms with Crippen LogP contribution in [0.5, 0.6) is 11.5 Å². The first-order valence-corrected chi connectivity index (χ1v) is 8.83. The monoisotopic (exact) mass is 361 g/mol. The van der Waals surface area contributed by atoms with Gasteiger partial charge in [0.05, 0.1) is 7.11 Å². The number of carbonyl (C=O) groups is 1. The summed E-state index contributed by atoms with van der Waals surface area (Å²) in [5, 5.41) is 3.68. The topological polar surface area (TPSA) is 47.6 Å². The quantitative estimate of drug-likeness (QED) is 0.679. The van der Waals surface area contributed by atoms with Gasteiger partial charge in [-0.3, -0.25) is 4.79 Å². The van der Waals surface area contributed by atoms with Crippen LogP contribution in [0, 0.1) is 0 Å². The summed E-state index contributed by atoms with van der Waals surface area (Å²) in [5.41, 5.74) is 1.21. The Morgan fingerprint density at radius 1 is 1.08 bits per heavy atom. The number of hydrogen-bond donors (Lipinski definition) is 1. The third-order valence-electron chi connectivity index (χ3n) is 3.86. The van der Waals surface area contributed by atoms with Gasteiger partial charge in [0, 0.05) is 11.6 Å². The molecule has 1 N–H and O–H groups in total. The Morgan fingerprint density at radius 3 is 2.32 bits per heavy atom. The van der Waals surface area contributed by atoms with Crippen molar-refractivity contribution < 1.29 is 14.3 Å². The lowest BCUT2D eigenvalue weighted by Crippen LogP contribution is -2.38. The molecule has 0 saturated heterocycles. The standard InChI is InChI=1S/C20H24ClNO3/c1-3-19(25-18-12-10-17(24-2)11-13-18)20(23)22-14-4-5-15-6-8-16(21)9-7-15/h6-13,19H,3-5,14H2,1-2H3,(H,22,23)/t19-/m1/s1. The molecule has 0 bridgehead atoms. The predicted octanol–water partition coefficient (Wildman–Crippen LogP) is 4.26. The lowest BCUT2D eigenvalue weighted by atomic mass is 10.1. The first-order chi connectivity index (χ1) is 12.1. The van der Waals surface area contributed by atoms with E-state index in [-0.39, 0.29) is 5.91 Å². The van der Waals surface area contributed by atoms with E-state index in [1.165, 1.54) is 5.56 Å². The third-order valence-corrected chi connectivity index (χ3v) is 4.11. The second-order valence-electron chi connectivity index (χ2n) is 5.71. The molecule has 0 aliphatic rings. The lowest BCUT2D eigenvalue weighted by Gasteiger charge is -2.17. The van der Waals surface area contributed by atoms with Crippen LogP contribution in [0.3, 0.4) is 0 Å². The Balaban J connectivity index is 1.75. The van der Waals surface area contributed by atoms with Gasteiger partial charge in [-0.1, -0.05) is 30.7 Å². The van der Waals surface area contributed by atoms with Crippen LogP contribution in [-0.2, 0) is 11.2 Å². The zero-order chi connectivity index (χ0) is 18.1. The number of halogens is 1. The number of methoxy groups -OCH3 is 1. The van der Waals surface area contributed by atoms with E-state index in [9.17, 15) is 4.79 Å². The molecule has 1 atom stereocenters. The van der Waals surface area contributed by atoms with Gasteiger partial charge in [-0.25, -0.2) is 0 Å². The van der Waals surface area contributed by atoms with E-state index in [0.29, 0.717) is 18.7 Å². The van der Waals surface area contributed by atoms with Crippen LogP contribution in [0.4, 0.5) is 0 Å². The molecular formula is C20H24ClNO3. The molecule has 5 heteroatoms. The Morgan fingerprint density at radius 2 is 1.72 bits per heavy atom. The summed E-state index contributed by atoms with van der Waals surface area (Å²) in [7, 11) is 1.61. The third kappa shape index (κ3) is 6.31. The second-order valence-corrected chi connectivity index (χ2v) is 6.15. The average Bonchev–Trinajstić information content (AvgIpc) is 2.65. The van der Waals surface area contributed by atoms with Crippen molar-refractivity contribution in [2.75, 3.05) is 13.7 Å². The van der Waals surface area contributed by atoms with Gasteiger partial charge in [-0.05, 0) is 61.2 Å². The summed E-state index contributed by atoms with van der Waals surface area (Å²) in [6, 6.07) is 15.0. The molecule has 25 heavy (non-hydrogen) atoms. The number of benzene rings is 2. The smallest absolute Gasteiger partial charge is 0.261 e. The Hall–Kier alpha value is -2.20. The summed E-state index contributed by atoms with van der Waals surface area (Å²) in [4.78, 5) is 12.3. The molecule has 0 radical (unpaired) electrons. The summed E-state index contributed by atoms with van der Waals surface area (Å²) >= 11 is 5.87. The van der Waals surface area contributed by atoms with E-state index in [2.05, 4.69) is 5.32 Å². The minimum atomic E-state index is -0.496. The van der Waals surface area contributed by atoms with Crippen LogP contribution in [0.15, 0.2) is 48.5 Å². The Labute approximate surface area is 154 Å². The molecule has 0 spiro atoms. The number of carbonyl (C=O) groups excluding carboxylic acids is 1. The zero-order valence-electron chi connectivity index (χ0n) is 14.6. The van der Waals surface area contributed by atoms with Gasteiger partial charge < -0.3 is 14.8 Å². The zero-order valence-corrected chi connectivity index (χ0v) is 15.4. The van der Waals surface area contributed by atoms with E-state index in [4.69, 9.17) is 21.1 Å². The van der Waals surface area contributed by atoms with Crippen molar-refractivity contribution in [1.29, 1.82) is 0 Å². The number of aryl methyl sites for hydroxylation is 1. The maximum Gasteiger partial charge on any atom is 0.261 e. The van der Waals surface area contributed by atoms with E-state index in [1.54, 1.807) is 19.2 Å². The highest BCUT2D eigenvalue weighted by Gasteiger charge is 2.17. The fourth-order valence-electron chi connectivity index (χ4n) is 2.41. The highest BCUT2D eigenvalue weighted by atomic mass is 35.5. The highest BCUT2D eigenvalue weighted by molar-refractivity contribution is 6.30. The summed E-state index contributed by atoms with van der Waals surface area (Å²) in [6.45, 7) is 2.55. The minimum absolute atomic E-state index is 0.0885. The van der Waals surface area contributed by atoms with Gasteiger partial charge in [0.25, 0.3) is 5.91 Å². The van der Waals surface area contributed by atoms with Crippen LogP contribution in [0.2, 0.25) is 5.02 Å². The number of nitrogens with one attached hydrogen (secondary N) is 1. The fraction of sp³-hybridized carbons (Fsp3) is 0.350. The van der Waals surface area contributed by atoms with E-state index < -0.39 is 6.10 Å². The maximum absolute atomic E-state index is 12.3. The molecule has 1 amide bonds. The second kappa shape index (κ2) is 9.94. The first-order valence-electron chi connectivity index (χ1n) is 8.45. The normalized spacial score (nSPS) is 11.6. The van der Waals surface area contributed by atoms with Gasteiger partial charge in [-0.2, -0.15) is 0 Å². The van der Waals surface area contributed by atoms with Crippen LogP contribution >= 0.6 is 11.6 Å². The summed E-state index contributed by atoms with van der Waals surface area (Å²) < 4.78 is 10.9. The van der Waals surface area contributed by atoms with E-state index in [1.807, 2.05) is 43.3 Å².